The van der Waals surface area contributed by atoms with Gasteiger partial charge >= 0.3 is 0 Å². The van der Waals surface area contributed by atoms with Crippen LogP contribution in [0.1, 0.15) is 28.2 Å². The van der Waals surface area contributed by atoms with Gasteiger partial charge in [-0.1, -0.05) is 6.07 Å². The summed E-state index contributed by atoms with van der Waals surface area (Å²) in [5, 5.41) is 0.763. The number of amides is 1. The maximum absolute atomic E-state index is 14.4. The summed E-state index contributed by atoms with van der Waals surface area (Å²) >= 11 is 1.33. The van der Waals surface area contributed by atoms with Crippen molar-refractivity contribution < 1.29 is 9.18 Å². The van der Waals surface area contributed by atoms with Crippen LogP contribution in [0.2, 0.25) is 0 Å². The van der Waals surface area contributed by atoms with E-state index in [-0.39, 0.29) is 17.3 Å². The minimum absolute atomic E-state index is 0.0373. The standard InChI is InChI=1S/C21H20FN5OS/c22-18-14(23)4-3-5-16(18)27-11-8-15-19(21(27)28)29-20(25-15)13-6-7-17(24-12-13)26-9-1-2-10-26/h3-7,12H,1-2,8-11,23H2. The Hall–Kier alpha value is -3.00. The van der Waals surface area contributed by atoms with E-state index in [4.69, 9.17) is 5.73 Å². The molecule has 2 aliphatic heterocycles. The maximum Gasteiger partial charge on any atom is 0.270 e. The number of nitrogens with two attached hydrogens (primary N) is 1. The first kappa shape index (κ1) is 18.1. The van der Waals surface area contributed by atoms with Gasteiger partial charge in [0.2, 0.25) is 0 Å². The Morgan fingerprint density at radius 2 is 1.93 bits per heavy atom. The normalized spacial score (nSPS) is 16.4. The van der Waals surface area contributed by atoms with Crippen LogP contribution in [0.15, 0.2) is 36.5 Å². The summed E-state index contributed by atoms with van der Waals surface area (Å²) in [7, 11) is 0. The van der Waals surface area contributed by atoms with Crippen molar-refractivity contribution in [3.05, 3.63) is 52.9 Å². The summed E-state index contributed by atoms with van der Waals surface area (Å²) < 4.78 is 14.4. The predicted octanol–water partition coefficient (Wildman–Crippen LogP) is 3.73. The highest BCUT2D eigenvalue weighted by molar-refractivity contribution is 7.17. The second-order valence-electron chi connectivity index (χ2n) is 7.28. The summed E-state index contributed by atoms with van der Waals surface area (Å²) in [4.78, 5) is 26.5. The Bertz CT molecular complexity index is 1080. The van der Waals surface area contributed by atoms with Crippen LogP contribution in [0.25, 0.3) is 10.6 Å². The third-order valence-corrected chi connectivity index (χ3v) is 6.57. The van der Waals surface area contributed by atoms with E-state index in [2.05, 4.69) is 14.9 Å². The van der Waals surface area contributed by atoms with E-state index in [9.17, 15) is 9.18 Å². The quantitative estimate of drug-likeness (QED) is 0.667. The molecular weight excluding hydrogens is 389 g/mol. The fraction of sp³-hybridized carbons (Fsp3) is 0.286. The third-order valence-electron chi connectivity index (χ3n) is 5.43. The Kier molecular flexibility index (Phi) is 4.43. The van der Waals surface area contributed by atoms with Crippen LogP contribution < -0.4 is 15.5 Å². The smallest absolute Gasteiger partial charge is 0.270 e. The fourth-order valence-corrected chi connectivity index (χ4v) is 4.93. The minimum atomic E-state index is -0.559. The Morgan fingerprint density at radius 3 is 2.69 bits per heavy atom. The first-order valence-electron chi connectivity index (χ1n) is 9.69. The van der Waals surface area contributed by atoms with Crippen molar-refractivity contribution in [2.24, 2.45) is 0 Å². The van der Waals surface area contributed by atoms with Crippen LogP contribution in [0.3, 0.4) is 0 Å². The molecule has 0 saturated carbocycles. The number of hydrogen-bond donors (Lipinski definition) is 1. The topological polar surface area (TPSA) is 75.3 Å². The lowest BCUT2D eigenvalue weighted by atomic mass is 10.1. The number of hydrogen-bond acceptors (Lipinski definition) is 6. The van der Waals surface area contributed by atoms with Gasteiger partial charge in [-0.2, -0.15) is 0 Å². The number of fused-ring (bicyclic) bond motifs is 1. The zero-order chi connectivity index (χ0) is 20.0. The molecule has 1 amide bonds. The zero-order valence-corrected chi connectivity index (χ0v) is 16.6. The van der Waals surface area contributed by atoms with E-state index in [1.165, 1.54) is 35.1 Å². The van der Waals surface area contributed by atoms with Gasteiger partial charge in [-0.25, -0.2) is 14.4 Å². The van der Waals surface area contributed by atoms with E-state index in [0.29, 0.717) is 17.8 Å². The zero-order valence-electron chi connectivity index (χ0n) is 15.8. The maximum atomic E-state index is 14.4. The molecule has 0 bridgehead atoms. The lowest BCUT2D eigenvalue weighted by Gasteiger charge is -2.26. The highest BCUT2D eigenvalue weighted by Gasteiger charge is 2.31. The summed E-state index contributed by atoms with van der Waals surface area (Å²) in [5.41, 5.74) is 7.58. The number of halogens is 1. The van der Waals surface area contributed by atoms with E-state index in [1.54, 1.807) is 12.1 Å². The van der Waals surface area contributed by atoms with Gasteiger partial charge in [0.25, 0.3) is 5.91 Å². The van der Waals surface area contributed by atoms with Crippen LogP contribution >= 0.6 is 11.3 Å². The summed E-state index contributed by atoms with van der Waals surface area (Å²) in [6.45, 7) is 2.47. The molecule has 5 rings (SSSR count). The van der Waals surface area contributed by atoms with Crippen molar-refractivity contribution in [3.8, 4) is 10.6 Å². The molecule has 3 aromatic rings. The molecule has 1 aromatic carbocycles. The van der Waals surface area contributed by atoms with Gasteiger partial charge in [-0.3, -0.25) is 4.79 Å². The van der Waals surface area contributed by atoms with E-state index < -0.39 is 5.82 Å². The molecule has 0 unspecified atom stereocenters. The Balaban J connectivity index is 1.43. The molecule has 148 valence electrons. The molecule has 2 aliphatic rings. The van der Waals surface area contributed by atoms with Crippen molar-refractivity contribution in [2.45, 2.75) is 19.3 Å². The molecule has 29 heavy (non-hydrogen) atoms. The molecule has 0 aliphatic carbocycles. The number of anilines is 3. The monoisotopic (exact) mass is 409 g/mol. The van der Waals surface area contributed by atoms with E-state index in [0.717, 1.165) is 35.2 Å². The first-order valence-corrected chi connectivity index (χ1v) is 10.5. The molecule has 2 N–H and O–H groups in total. The second kappa shape index (κ2) is 7.11. The lowest BCUT2D eigenvalue weighted by Crippen LogP contribution is -2.37. The van der Waals surface area contributed by atoms with Crippen LogP contribution in [0, 0.1) is 5.82 Å². The van der Waals surface area contributed by atoms with Crippen LogP contribution in [0.4, 0.5) is 21.6 Å². The molecule has 1 saturated heterocycles. The molecule has 1 fully saturated rings. The van der Waals surface area contributed by atoms with Crippen molar-refractivity contribution in [1.29, 1.82) is 0 Å². The number of nitrogen functional groups attached to an aromatic ring is 1. The SMILES string of the molecule is Nc1cccc(N2CCc3nc(-c4ccc(N5CCCC5)nc4)sc3C2=O)c1F. The summed E-state index contributed by atoms with van der Waals surface area (Å²) in [5.74, 6) is 0.184. The molecule has 0 spiro atoms. The molecule has 6 nitrogen and oxygen atoms in total. The van der Waals surface area contributed by atoms with Crippen molar-refractivity contribution in [3.63, 3.8) is 0 Å². The Labute approximate surface area is 171 Å². The van der Waals surface area contributed by atoms with Crippen LogP contribution in [0.5, 0.6) is 0 Å². The molecule has 8 heteroatoms. The number of rotatable bonds is 3. The number of benzene rings is 1. The molecular formula is C21H20FN5OS. The number of nitrogens with zero attached hydrogens (tertiary/aromatic N) is 4. The van der Waals surface area contributed by atoms with E-state index in [1.807, 2.05) is 18.3 Å². The number of carbonyl (C=O) groups excluding carboxylic acids is 1. The van der Waals surface area contributed by atoms with Gasteiger partial charge in [-0.05, 0) is 37.1 Å². The molecule has 0 atom stereocenters. The third kappa shape index (κ3) is 3.13. The van der Waals surface area contributed by atoms with Gasteiger partial charge in [0.1, 0.15) is 15.7 Å². The number of carbonyl (C=O) groups is 1. The van der Waals surface area contributed by atoms with Crippen molar-refractivity contribution >= 4 is 34.4 Å². The highest BCUT2D eigenvalue weighted by Crippen LogP contribution is 2.35. The van der Waals surface area contributed by atoms with Crippen LogP contribution in [-0.4, -0.2) is 35.5 Å². The van der Waals surface area contributed by atoms with E-state index >= 15 is 0 Å². The molecule has 2 aromatic heterocycles. The fourth-order valence-electron chi connectivity index (χ4n) is 3.87. The van der Waals surface area contributed by atoms with Crippen molar-refractivity contribution in [1.82, 2.24) is 9.97 Å². The van der Waals surface area contributed by atoms with Gasteiger partial charge < -0.3 is 15.5 Å². The molecule has 0 radical (unpaired) electrons. The van der Waals surface area contributed by atoms with Gasteiger partial charge in [-0.15, -0.1) is 11.3 Å². The van der Waals surface area contributed by atoms with Gasteiger partial charge in [0.15, 0.2) is 5.82 Å². The Morgan fingerprint density at radius 1 is 1.10 bits per heavy atom. The largest absolute Gasteiger partial charge is 0.396 e. The summed E-state index contributed by atoms with van der Waals surface area (Å²) in [6.07, 6.45) is 4.80. The van der Waals surface area contributed by atoms with Crippen molar-refractivity contribution in [2.75, 3.05) is 35.2 Å². The molecule has 4 heterocycles. The average molecular weight is 409 g/mol. The predicted molar refractivity (Wildman–Crippen MR) is 113 cm³/mol. The van der Waals surface area contributed by atoms with Gasteiger partial charge in [0.05, 0.1) is 17.1 Å². The first-order chi connectivity index (χ1) is 14.1. The highest BCUT2D eigenvalue weighted by atomic mass is 32.1. The minimum Gasteiger partial charge on any atom is -0.396 e. The average Bonchev–Trinajstić information content (AvgIpc) is 3.41. The second-order valence-corrected chi connectivity index (χ2v) is 8.28. The number of pyridine rings is 1. The van der Waals surface area contributed by atoms with Gasteiger partial charge in [0, 0.05) is 37.8 Å². The number of aromatic nitrogens is 2. The number of thiazole rings is 1. The summed E-state index contributed by atoms with van der Waals surface area (Å²) in [6, 6.07) is 8.74. The van der Waals surface area contributed by atoms with Crippen LogP contribution in [-0.2, 0) is 6.42 Å². The lowest BCUT2D eigenvalue weighted by molar-refractivity contribution is 0.0983.